The van der Waals surface area contributed by atoms with E-state index in [2.05, 4.69) is 31.1 Å². The molecule has 0 radical (unpaired) electrons. The summed E-state index contributed by atoms with van der Waals surface area (Å²) in [6, 6.07) is 15.4. The molecule has 27 heavy (non-hydrogen) atoms. The van der Waals surface area contributed by atoms with Gasteiger partial charge in [-0.15, -0.1) is 10.2 Å². The van der Waals surface area contributed by atoms with Gasteiger partial charge in [0.25, 0.3) is 0 Å². The van der Waals surface area contributed by atoms with Crippen molar-refractivity contribution in [1.29, 1.82) is 0 Å². The standard InChI is InChI=1S/C17H14Cl2N8/c1-11-5-3-7-13(9-11)15-20-22-24-26(15)17(18,19)27-16(21-23-25-27)14-8-4-6-12(2)10-14/h3-10H,1-2H3. The Kier molecular flexibility index (Phi) is 4.37. The highest BCUT2D eigenvalue weighted by atomic mass is 35.5. The normalized spacial score (nSPS) is 11.7. The first-order chi connectivity index (χ1) is 13.0. The van der Waals surface area contributed by atoms with Gasteiger partial charge in [-0.25, -0.2) is 0 Å². The van der Waals surface area contributed by atoms with Crippen LogP contribution in [0.25, 0.3) is 22.8 Å². The summed E-state index contributed by atoms with van der Waals surface area (Å²) in [6.07, 6.45) is 0. The van der Waals surface area contributed by atoms with Gasteiger partial charge in [-0.2, -0.15) is 9.36 Å². The van der Waals surface area contributed by atoms with Crippen molar-refractivity contribution in [1.82, 2.24) is 40.4 Å². The van der Waals surface area contributed by atoms with Crippen molar-refractivity contribution in [2.24, 2.45) is 0 Å². The van der Waals surface area contributed by atoms with Gasteiger partial charge in [0.2, 0.25) is 0 Å². The van der Waals surface area contributed by atoms with Gasteiger partial charge in [-0.3, -0.25) is 0 Å². The molecule has 0 aliphatic carbocycles. The number of aryl methyl sites for hydroxylation is 2. The molecule has 0 aliphatic rings. The van der Waals surface area contributed by atoms with E-state index in [0.717, 1.165) is 22.3 Å². The molecule has 0 N–H and O–H groups in total. The van der Waals surface area contributed by atoms with Crippen LogP contribution in [0.1, 0.15) is 11.1 Å². The van der Waals surface area contributed by atoms with Crippen LogP contribution in [0.3, 0.4) is 0 Å². The third-order valence-electron chi connectivity index (χ3n) is 4.00. The van der Waals surface area contributed by atoms with Crippen molar-refractivity contribution in [3.63, 3.8) is 0 Å². The molecule has 0 saturated carbocycles. The Morgan fingerprint density at radius 2 is 1.19 bits per heavy atom. The van der Waals surface area contributed by atoms with Crippen LogP contribution in [-0.2, 0) is 4.58 Å². The second-order valence-corrected chi connectivity index (χ2v) is 7.32. The second kappa shape index (κ2) is 6.71. The van der Waals surface area contributed by atoms with Gasteiger partial charge in [0.1, 0.15) is 0 Å². The Morgan fingerprint density at radius 1 is 0.741 bits per heavy atom. The lowest BCUT2D eigenvalue weighted by molar-refractivity contribution is 0.411. The molecule has 0 bridgehead atoms. The summed E-state index contributed by atoms with van der Waals surface area (Å²) >= 11 is 13.3. The molecule has 0 atom stereocenters. The van der Waals surface area contributed by atoms with Crippen LogP contribution >= 0.6 is 23.2 Å². The Balaban J connectivity index is 1.83. The van der Waals surface area contributed by atoms with Crippen LogP contribution in [0.2, 0.25) is 0 Å². The molecule has 0 aliphatic heterocycles. The van der Waals surface area contributed by atoms with E-state index in [1.165, 1.54) is 9.36 Å². The van der Waals surface area contributed by atoms with E-state index < -0.39 is 4.58 Å². The first-order valence-corrected chi connectivity index (χ1v) is 8.82. The summed E-state index contributed by atoms with van der Waals surface area (Å²) in [4.78, 5) is 0. The summed E-state index contributed by atoms with van der Waals surface area (Å²) in [5, 5.41) is 23.6. The maximum atomic E-state index is 6.67. The second-order valence-electron chi connectivity index (χ2n) is 6.08. The van der Waals surface area contributed by atoms with E-state index in [1.54, 1.807) is 0 Å². The minimum Gasteiger partial charge on any atom is -0.169 e. The molecule has 0 fully saturated rings. The number of nitrogens with zero attached hydrogens (tertiary/aromatic N) is 8. The molecular weight excluding hydrogens is 387 g/mol. The van der Waals surface area contributed by atoms with Crippen molar-refractivity contribution in [2.45, 2.75) is 18.4 Å². The molecule has 0 spiro atoms. The first-order valence-electron chi connectivity index (χ1n) is 8.06. The molecule has 0 unspecified atom stereocenters. The van der Waals surface area contributed by atoms with E-state index in [4.69, 9.17) is 23.2 Å². The zero-order chi connectivity index (χ0) is 19.0. The van der Waals surface area contributed by atoms with Crippen LogP contribution < -0.4 is 0 Å². The molecular formula is C17H14Cl2N8. The number of alkyl halides is 2. The molecule has 2 heterocycles. The lowest BCUT2D eigenvalue weighted by Gasteiger charge is -2.21. The fourth-order valence-corrected chi connectivity index (χ4v) is 3.21. The Labute approximate surface area is 164 Å². The predicted octanol–water partition coefficient (Wildman–Crippen LogP) is 3.20. The molecule has 8 nitrogen and oxygen atoms in total. The first kappa shape index (κ1) is 17.6. The van der Waals surface area contributed by atoms with Gasteiger partial charge in [0, 0.05) is 11.1 Å². The van der Waals surface area contributed by atoms with Gasteiger partial charge in [0.15, 0.2) is 11.6 Å². The summed E-state index contributed by atoms with van der Waals surface area (Å²) in [6.45, 7) is 3.95. The lowest BCUT2D eigenvalue weighted by Crippen LogP contribution is -2.33. The molecule has 2 aromatic heterocycles. The van der Waals surface area contributed by atoms with Crippen molar-refractivity contribution in [3.8, 4) is 22.8 Å². The van der Waals surface area contributed by atoms with Crippen molar-refractivity contribution < 1.29 is 0 Å². The van der Waals surface area contributed by atoms with Gasteiger partial charge in [-0.1, -0.05) is 47.5 Å². The Bertz CT molecular complexity index is 1020. The van der Waals surface area contributed by atoms with Crippen LogP contribution in [-0.4, -0.2) is 40.4 Å². The number of rotatable bonds is 4. The fourth-order valence-electron chi connectivity index (χ4n) is 2.75. The third kappa shape index (κ3) is 3.17. The van der Waals surface area contributed by atoms with Crippen LogP contribution in [0.15, 0.2) is 48.5 Å². The van der Waals surface area contributed by atoms with Crippen LogP contribution in [0.4, 0.5) is 0 Å². The Hall–Kier alpha value is -2.84. The van der Waals surface area contributed by atoms with E-state index in [1.807, 2.05) is 62.4 Å². The van der Waals surface area contributed by atoms with Gasteiger partial charge >= 0.3 is 4.58 Å². The highest BCUT2D eigenvalue weighted by Gasteiger charge is 2.38. The quantitative estimate of drug-likeness (QED) is 0.488. The molecule has 4 aromatic rings. The van der Waals surface area contributed by atoms with Gasteiger partial charge < -0.3 is 0 Å². The molecule has 4 rings (SSSR count). The molecule has 2 aromatic carbocycles. The lowest BCUT2D eigenvalue weighted by atomic mass is 10.1. The molecule has 0 saturated heterocycles. The zero-order valence-corrected chi connectivity index (χ0v) is 16.0. The summed E-state index contributed by atoms with van der Waals surface area (Å²) in [7, 11) is 0. The Morgan fingerprint density at radius 3 is 1.59 bits per heavy atom. The minimum atomic E-state index is -1.77. The van der Waals surface area contributed by atoms with E-state index in [9.17, 15) is 0 Å². The number of hydrogen-bond acceptors (Lipinski definition) is 6. The highest BCUT2D eigenvalue weighted by Crippen LogP contribution is 2.35. The van der Waals surface area contributed by atoms with Gasteiger partial charge in [-0.05, 0) is 70.0 Å². The number of halogens is 2. The smallest absolute Gasteiger partial charge is 0.169 e. The summed E-state index contributed by atoms with van der Waals surface area (Å²) in [5.41, 5.74) is 3.66. The largest absolute Gasteiger partial charge is 0.315 e. The number of hydrogen-bond donors (Lipinski definition) is 0. The minimum absolute atomic E-state index is 0.398. The van der Waals surface area contributed by atoms with Crippen molar-refractivity contribution in [3.05, 3.63) is 59.7 Å². The third-order valence-corrected chi connectivity index (χ3v) is 4.64. The topological polar surface area (TPSA) is 87.2 Å². The van der Waals surface area contributed by atoms with E-state index in [-0.39, 0.29) is 0 Å². The molecule has 0 amide bonds. The maximum absolute atomic E-state index is 6.67. The van der Waals surface area contributed by atoms with Crippen LogP contribution in [0, 0.1) is 13.8 Å². The average Bonchev–Trinajstić information content (AvgIpc) is 3.32. The van der Waals surface area contributed by atoms with Gasteiger partial charge in [0.05, 0.1) is 0 Å². The highest BCUT2D eigenvalue weighted by molar-refractivity contribution is 6.45. The summed E-state index contributed by atoms with van der Waals surface area (Å²) in [5.74, 6) is 0.795. The van der Waals surface area contributed by atoms with Crippen molar-refractivity contribution in [2.75, 3.05) is 0 Å². The SMILES string of the molecule is Cc1cccc(-c2nnnn2C(Cl)(Cl)n2nnnc2-c2cccc(C)c2)c1. The number of benzene rings is 2. The molecule has 10 heteroatoms. The monoisotopic (exact) mass is 400 g/mol. The van der Waals surface area contributed by atoms with Crippen LogP contribution in [0.5, 0.6) is 0 Å². The average molecular weight is 401 g/mol. The zero-order valence-electron chi connectivity index (χ0n) is 14.5. The predicted molar refractivity (Wildman–Crippen MR) is 101 cm³/mol. The number of tetrazole rings is 2. The number of aromatic nitrogens is 8. The van der Waals surface area contributed by atoms with E-state index >= 15 is 0 Å². The maximum Gasteiger partial charge on any atom is 0.315 e. The van der Waals surface area contributed by atoms with Crippen molar-refractivity contribution >= 4 is 23.2 Å². The summed E-state index contributed by atoms with van der Waals surface area (Å²) < 4.78 is 0.784. The molecule has 136 valence electrons. The van der Waals surface area contributed by atoms with E-state index in [0.29, 0.717) is 11.6 Å². The fraction of sp³-hybridized carbons (Fsp3) is 0.176.